The maximum atomic E-state index is 11.6. The van der Waals surface area contributed by atoms with Gasteiger partial charge < -0.3 is 14.4 Å². The number of hydrogen-bond acceptors (Lipinski definition) is 4. The summed E-state index contributed by atoms with van der Waals surface area (Å²) >= 11 is 0. The van der Waals surface area contributed by atoms with E-state index in [1.165, 1.54) is 13.8 Å². The standard InChI is InChI=1S/C10H22N2O4S/c1-10(2,8-17(14,15)16)11-9(13)6-7-12(3,4)5/h6-8H2,1-5H3,(H-,11,13,14,15,16). The summed E-state index contributed by atoms with van der Waals surface area (Å²) in [6, 6.07) is 0. The third kappa shape index (κ3) is 10.2. The van der Waals surface area contributed by atoms with E-state index >= 15 is 0 Å². The molecule has 0 spiro atoms. The lowest BCUT2D eigenvalue weighted by Crippen LogP contribution is -2.49. The van der Waals surface area contributed by atoms with Crippen molar-refractivity contribution in [2.75, 3.05) is 33.4 Å². The van der Waals surface area contributed by atoms with Gasteiger partial charge in [-0.3, -0.25) is 4.79 Å². The van der Waals surface area contributed by atoms with Crippen molar-refractivity contribution in [3.63, 3.8) is 0 Å². The Morgan fingerprint density at radius 2 is 1.76 bits per heavy atom. The van der Waals surface area contributed by atoms with Gasteiger partial charge in [0.25, 0.3) is 0 Å². The predicted molar refractivity (Wildman–Crippen MR) is 64.3 cm³/mol. The monoisotopic (exact) mass is 266 g/mol. The number of carbonyl (C=O) groups is 1. The van der Waals surface area contributed by atoms with Crippen LogP contribution >= 0.6 is 0 Å². The summed E-state index contributed by atoms with van der Waals surface area (Å²) in [5, 5.41) is 2.56. The Morgan fingerprint density at radius 1 is 1.29 bits per heavy atom. The zero-order valence-corrected chi connectivity index (χ0v) is 11.9. The minimum Gasteiger partial charge on any atom is -0.748 e. The normalized spacial score (nSPS) is 13.5. The largest absolute Gasteiger partial charge is 0.748 e. The van der Waals surface area contributed by atoms with Gasteiger partial charge in [0.2, 0.25) is 5.91 Å². The molecule has 0 saturated heterocycles. The molecule has 0 aromatic heterocycles. The lowest BCUT2D eigenvalue weighted by atomic mass is 10.1. The van der Waals surface area contributed by atoms with Crippen molar-refractivity contribution >= 4 is 16.0 Å². The smallest absolute Gasteiger partial charge is 0.226 e. The molecule has 0 saturated carbocycles. The Labute approximate surface area is 103 Å². The zero-order valence-electron chi connectivity index (χ0n) is 11.1. The molecule has 0 atom stereocenters. The molecule has 0 bridgehead atoms. The van der Waals surface area contributed by atoms with Crippen LogP contribution in [0.15, 0.2) is 0 Å². The number of rotatable bonds is 6. The molecule has 0 aromatic carbocycles. The van der Waals surface area contributed by atoms with Gasteiger partial charge >= 0.3 is 0 Å². The van der Waals surface area contributed by atoms with E-state index in [1.54, 1.807) is 0 Å². The Balaban J connectivity index is 4.29. The fourth-order valence-electron chi connectivity index (χ4n) is 1.35. The molecule has 1 amide bonds. The molecular weight excluding hydrogens is 244 g/mol. The molecule has 0 fully saturated rings. The molecule has 0 aromatic rings. The molecule has 0 radical (unpaired) electrons. The fraction of sp³-hybridized carbons (Fsp3) is 0.900. The predicted octanol–water partition coefficient (Wildman–Crippen LogP) is -0.477. The summed E-state index contributed by atoms with van der Waals surface area (Å²) in [7, 11) is 1.54. The fourth-order valence-corrected chi connectivity index (χ4v) is 2.31. The Bertz CT molecular complexity index is 368. The van der Waals surface area contributed by atoms with Gasteiger partial charge in [-0.25, -0.2) is 8.42 Å². The van der Waals surface area contributed by atoms with Crippen LogP contribution in [0, 0.1) is 0 Å². The summed E-state index contributed by atoms with van der Waals surface area (Å²) in [5.41, 5.74) is -1.03. The highest BCUT2D eigenvalue weighted by molar-refractivity contribution is 7.85. The minimum absolute atomic E-state index is 0.244. The van der Waals surface area contributed by atoms with Crippen LogP contribution in [-0.4, -0.2) is 62.3 Å². The lowest BCUT2D eigenvalue weighted by Gasteiger charge is -2.29. The van der Waals surface area contributed by atoms with E-state index in [0.717, 1.165) is 0 Å². The van der Waals surface area contributed by atoms with Crippen LogP contribution in [0.1, 0.15) is 20.3 Å². The first kappa shape index (κ1) is 16.3. The Morgan fingerprint density at radius 3 is 2.12 bits per heavy atom. The number of carbonyl (C=O) groups excluding carboxylic acids is 1. The molecule has 0 rings (SSSR count). The first-order chi connectivity index (χ1) is 7.31. The molecule has 0 aliphatic rings. The molecule has 6 nitrogen and oxygen atoms in total. The van der Waals surface area contributed by atoms with E-state index in [1.807, 2.05) is 21.1 Å². The van der Waals surface area contributed by atoms with Gasteiger partial charge in [-0.05, 0) is 13.8 Å². The maximum absolute atomic E-state index is 11.6. The highest BCUT2D eigenvalue weighted by Crippen LogP contribution is 2.06. The van der Waals surface area contributed by atoms with E-state index in [0.29, 0.717) is 17.4 Å². The number of nitrogens with zero attached hydrogens (tertiary/aromatic N) is 1. The average molecular weight is 266 g/mol. The SMILES string of the molecule is CC(C)(CS(=O)(=O)[O-])NC(=O)CC[N+](C)(C)C. The van der Waals surface area contributed by atoms with Crippen molar-refractivity contribution in [1.82, 2.24) is 5.32 Å². The van der Waals surface area contributed by atoms with Crippen LogP contribution in [0.3, 0.4) is 0 Å². The molecular formula is C10H22N2O4S. The number of nitrogens with one attached hydrogen (secondary N) is 1. The third-order valence-electron chi connectivity index (χ3n) is 2.03. The topological polar surface area (TPSA) is 86.3 Å². The third-order valence-corrected chi connectivity index (χ3v) is 3.10. The van der Waals surface area contributed by atoms with Crippen molar-refractivity contribution in [2.24, 2.45) is 0 Å². The van der Waals surface area contributed by atoms with Crippen LogP contribution in [-0.2, 0) is 14.9 Å². The van der Waals surface area contributed by atoms with Crippen LogP contribution in [0.2, 0.25) is 0 Å². The second-order valence-corrected chi connectivity index (χ2v) is 7.30. The van der Waals surface area contributed by atoms with Gasteiger partial charge in [0.1, 0.15) is 0 Å². The zero-order chi connectivity index (χ0) is 13.9. The van der Waals surface area contributed by atoms with Gasteiger partial charge in [0, 0.05) is 5.54 Å². The van der Waals surface area contributed by atoms with Gasteiger partial charge in [0.15, 0.2) is 0 Å². The second-order valence-electron chi connectivity index (χ2n) is 5.90. The number of amides is 1. The molecule has 0 unspecified atom stereocenters. The number of quaternary nitrogens is 1. The maximum Gasteiger partial charge on any atom is 0.226 e. The van der Waals surface area contributed by atoms with Crippen LogP contribution < -0.4 is 5.32 Å². The quantitative estimate of drug-likeness (QED) is 0.520. The number of hydrogen-bond donors (Lipinski definition) is 1. The average Bonchev–Trinajstić information content (AvgIpc) is 1.93. The van der Waals surface area contributed by atoms with E-state index < -0.39 is 21.4 Å². The highest BCUT2D eigenvalue weighted by Gasteiger charge is 2.24. The van der Waals surface area contributed by atoms with Gasteiger partial charge in [-0.2, -0.15) is 0 Å². The molecule has 0 aliphatic heterocycles. The van der Waals surface area contributed by atoms with Gasteiger partial charge in [-0.15, -0.1) is 0 Å². The summed E-state index contributed by atoms with van der Waals surface area (Å²) in [6.45, 7) is 3.69. The molecule has 0 heterocycles. The molecule has 0 aliphatic carbocycles. The van der Waals surface area contributed by atoms with Crippen molar-refractivity contribution < 1.29 is 22.2 Å². The van der Waals surface area contributed by atoms with Crippen molar-refractivity contribution in [1.29, 1.82) is 0 Å². The first-order valence-electron chi connectivity index (χ1n) is 5.36. The summed E-state index contributed by atoms with van der Waals surface area (Å²) in [6.07, 6.45) is 0.297. The van der Waals surface area contributed by atoms with E-state index in [2.05, 4.69) is 5.32 Å². The molecule has 1 N–H and O–H groups in total. The van der Waals surface area contributed by atoms with Gasteiger partial charge in [-0.1, -0.05) is 0 Å². The van der Waals surface area contributed by atoms with E-state index in [9.17, 15) is 17.8 Å². The lowest BCUT2D eigenvalue weighted by molar-refractivity contribution is -0.869. The summed E-state index contributed by atoms with van der Waals surface area (Å²) in [4.78, 5) is 11.6. The van der Waals surface area contributed by atoms with Crippen LogP contribution in [0.4, 0.5) is 0 Å². The summed E-state index contributed by atoms with van der Waals surface area (Å²) < 4.78 is 32.6. The Hall–Kier alpha value is -0.660. The highest BCUT2D eigenvalue weighted by atomic mass is 32.2. The van der Waals surface area contributed by atoms with Crippen LogP contribution in [0.25, 0.3) is 0 Å². The summed E-state index contributed by atoms with van der Waals surface area (Å²) in [5.74, 6) is -0.845. The van der Waals surface area contributed by atoms with E-state index in [-0.39, 0.29) is 5.91 Å². The Kier molecular flexibility index (Phi) is 5.12. The van der Waals surface area contributed by atoms with Crippen LogP contribution in [0.5, 0.6) is 0 Å². The van der Waals surface area contributed by atoms with Crippen molar-refractivity contribution in [2.45, 2.75) is 25.8 Å². The molecule has 17 heavy (non-hydrogen) atoms. The minimum atomic E-state index is -4.34. The molecule has 102 valence electrons. The molecule has 7 heteroatoms. The van der Waals surface area contributed by atoms with E-state index in [4.69, 9.17) is 0 Å². The second kappa shape index (κ2) is 5.32. The first-order valence-corrected chi connectivity index (χ1v) is 6.94. The van der Waals surface area contributed by atoms with Gasteiger partial charge in [0.05, 0.1) is 50.0 Å². The van der Waals surface area contributed by atoms with Crippen molar-refractivity contribution in [3.8, 4) is 0 Å². The van der Waals surface area contributed by atoms with Crippen molar-refractivity contribution in [3.05, 3.63) is 0 Å².